The lowest BCUT2D eigenvalue weighted by molar-refractivity contribution is -0.129. The van der Waals surface area contributed by atoms with E-state index < -0.39 is 11.9 Å². The van der Waals surface area contributed by atoms with Crippen molar-refractivity contribution in [3.63, 3.8) is 0 Å². The SMILES string of the molecule is COc1cc(C=CC(=O)Oc2ccc3c(c2)C(C)c2cc(OC(=O)C=Cc4ccc(OC)c(OC)c4)ccc2-3)ccc1O. The highest BCUT2D eigenvalue weighted by Gasteiger charge is 2.27. The van der Waals surface area contributed by atoms with Gasteiger partial charge in [0, 0.05) is 18.1 Å². The molecule has 8 heteroatoms. The Balaban J connectivity index is 1.25. The maximum Gasteiger partial charge on any atom is 0.336 e. The Morgan fingerprint density at radius 2 is 1.12 bits per heavy atom. The fourth-order valence-corrected chi connectivity index (χ4v) is 4.97. The summed E-state index contributed by atoms with van der Waals surface area (Å²) in [4.78, 5) is 25.1. The molecule has 4 aromatic rings. The van der Waals surface area contributed by atoms with Crippen molar-refractivity contribution in [3.05, 3.63) is 107 Å². The summed E-state index contributed by atoms with van der Waals surface area (Å²) in [6.07, 6.45) is 5.91. The summed E-state index contributed by atoms with van der Waals surface area (Å²) in [7, 11) is 4.57. The van der Waals surface area contributed by atoms with Crippen LogP contribution in [0, 0.1) is 0 Å². The molecular weight excluding hydrogens is 548 g/mol. The molecule has 218 valence electrons. The quantitative estimate of drug-likeness (QED) is 0.132. The first kappa shape index (κ1) is 29.0. The first-order valence-electron chi connectivity index (χ1n) is 13.5. The van der Waals surface area contributed by atoms with Crippen LogP contribution in [0.2, 0.25) is 0 Å². The number of benzene rings is 4. The van der Waals surface area contributed by atoms with Crippen LogP contribution in [0.3, 0.4) is 0 Å². The molecular formula is C35H30O8. The van der Waals surface area contributed by atoms with Gasteiger partial charge in [0.2, 0.25) is 0 Å². The Hall–Kier alpha value is -5.50. The zero-order valence-electron chi connectivity index (χ0n) is 24.1. The van der Waals surface area contributed by atoms with Crippen LogP contribution in [0.15, 0.2) is 84.9 Å². The molecule has 0 radical (unpaired) electrons. The van der Waals surface area contributed by atoms with E-state index in [9.17, 15) is 14.7 Å². The van der Waals surface area contributed by atoms with Crippen LogP contribution in [0.25, 0.3) is 23.3 Å². The number of methoxy groups -OCH3 is 3. The molecule has 1 atom stereocenters. The van der Waals surface area contributed by atoms with Crippen LogP contribution in [-0.2, 0) is 9.59 Å². The van der Waals surface area contributed by atoms with Crippen molar-refractivity contribution in [2.24, 2.45) is 0 Å². The number of aromatic hydroxyl groups is 1. The maximum atomic E-state index is 12.6. The van der Waals surface area contributed by atoms with E-state index in [1.807, 2.05) is 30.3 Å². The van der Waals surface area contributed by atoms with Crippen molar-refractivity contribution in [3.8, 4) is 45.6 Å². The molecule has 0 bridgehead atoms. The molecule has 0 amide bonds. The Kier molecular flexibility index (Phi) is 8.48. The van der Waals surface area contributed by atoms with Crippen molar-refractivity contribution in [1.82, 2.24) is 0 Å². The van der Waals surface area contributed by atoms with Gasteiger partial charge in [0.05, 0.1) is 21.3 Å². The van der Waals surface area contributed by atoms with E-state index in [-0.39, 0.29) is 11.7 Å². The van der Waals surface area contributed by atoms with Gasteiger partial charge in [-0.05, 0) is 94.1 Å². The molecule has 1 aliphatic carbocycles. The molecule has 1 unspecified atom stereocenters. The fourth-order valence-electron chi connectivity index (χ4n) is 4.97. The third-order valence-corrected chi connectivity index (χ3v) is 7.14. The highest BCUT2D eigenvalue weighted by molar-refractivity contribution is 5.90. The van der Waals surface area contributed by atoms with E-state index in [1.165, 1.54) is 25.3 Å². The average molecular weight is 579 g/mol. The third kappa shape index (κ3) is 6.38. The first-order chi connectivity index (χ1) is 20.8. The molecule has 5 rings (SSSR count). The van der Waals surface area contributed by atoms with Crippen molar-refractivity contribution < 1.29 is 38.4 Å². The summed E-state index contributed by atoms with van der Waals surface area (Å²) in [6.45, 7) is 2.05. The maximum absolute atomic E-state index is 12.6. The van der Waals surface area contributed by atoms with Crippen LogP contribution >= 0.6 is 0 Å². The zero-order chi connectivity index (χ0) is 30.5. The predicted molar refractivity (Wildman–Crippen MR) is 163 cm³/mol. The zero-order valence-corrected chi connectivity index (χ0v) is 24.1. The number of phenolic OH excluding ortho intramolecular Hbond substituents is 1. The second-order valence-corrected chi connectivity index (χ2v) is 9.77. The second-order valence-electron chi connectivity index (χ2n) is 9.77. The number of carbonyl (C=O) groups is 2. The van der Waals surface area contributed by atoms with E-state index in [1.54, 1.807) is 62.8 Å². The summed E-state index contributed by atoms with van der Waals surface area (Å²) >= 11 is 0. The normalized spacial score (nSPS) is 13.4. The minimum Gasteiger partial charge on any atom is -0.504 e. The lowest BCUT2D eigenvalue weighted by atomic mass is 9.99. The van der Waals surface area contributed by atoms with Crippen molar-refractivity contribution in [2.45, 2.75) is 12.8 Å². The number of esters is 2. The van der Waals surface area contributed by atoms with Gasteiger partial charge in [0.25, 0.3) is 0 Å². The largest absolute Gasteiger partial charge is 0.504 e. The lowest BCUT2D eigenvalue weighted by Gasteiger charge is -2.09. The predicted octanol–water partition coefficient (Wildman–Crippen LogP) is 6.79. The fraction of sp³-hybridized carbons (Fsp3) is 0.143. The topological polar surface area (TPSA) is 101 Å². The van der Waals surface area contributed by atoms with Gasteiger partial charge in [-0.2, -0.15) is 0 Å². The standard InChI is InChI=1S/C35H30O8/c1-21-28-19-24(42-34(37)15-7-22-5-13-30(36)32(17-22)40-3)9-11-26(28)27-12-10-25(20-29(21)27)43-35(38)16-8-23-6-14-31(39-2)33(18-23)41-4/h5-21,36H,1-4H3. The monoisotopic (exact) mass is 578 g/mol. The van der Waals surface area contributed by atoms with E-state index in [2.05, 4.69) is 6.92 Å². The Labute approximate surface area is 249 Å². The minimum absolute atomic E-state index is 0.00962. The summed E-state index contributed by atoms with van der Waals surface area (Å²) in [5.41, 5.74) is 5.51. The second kappa shape index (κ2) is 12.6. The number of fused-ring (bicyclic) bond motifs is 3. The minimum atomic E-state index is -0.537. The summed E-state index contributed by atoms with van der Waals surface area (Å²) in [5, 5.41) is 9.74. The Morgan fingerprint density at radius 1 is 0.628 bits per heavy atom. The molecule has 1 N–H and O–H groups in total. The van der Waals surface area contributed by atoms with Gasteiger partial charge in [-0.3, -0.25) is 0 Å². The van der Waals surface area contributed by atoms with E-state index in [4.69, 9.17) is 23.7 Å². The average Bonchev–Trinajstić information content (AvgIpc) is 3.29. The van der Waals surface area contributed by atoms with Crippen LogP contribution in [0.1, 0.15) is 35.1 Å². The van der Waals surface area contributed by atoms with Gasteiger partial charge < -0.3 is 28.8 Å². The van der Waals surface area contributed by atoms with Gasteiger partial charge in [-0.1, -0.05) is 31.2 Å². The number of ether oxygens (including phenoxy) is 5. The molecule has 0 spiro atoms. The molecule has 1 aliphatic rings. The van der Waals surface area contributed by atoms with E-state index in [0.717, 1.165) is 27.8 Å². The molecule has 4 aromatic carbocycles. The molecule has 0 fully saturated rings. The molecule has 8 nitrogen and oxygen atoms in total. The highest BCUT2D eigenvalue weighted by atomic mass is 16.5. The lowest BCUT2D eigenvalue weighted by Crippen LogP contribution is -2.04. The van der Waals surface area contributed by atoms with Crippen molar-refractivity contribution >= 4 is 24.1 Å². The third-order valence-electron chi connectivity index (χ3n) is 7.14. The molecule has 0 saturated carbocycles. The van der Waals surface area contributed by atoms with Crippen molar-refractivity contribution in [2.75, 3.05) is 21.3 Å². The van der Waals surface area contributed by atoms with Gasteiger partial charge in [0.1, 0.15) is 11.5 Å². The van der Waals surface area contributed by atoms with Crippen LogP contribution in [0.4, 0.5) is 0 Å². The molecule has 0 aliphatic heterocycles. The van der Waals surface area contributed by atoms with Crippen molar-refractivity contribution in [1.29, 1.82) is 0 Å². The van der Waals surface area contributed by atoms with Gasteiger partial charge in [-0.15, -0.1) is 0 Å². The molecule has 0 aromatic heterocycles. The summed E-state index contributed by atoms with van der Waals surface area (Å²) in [5.74, 6) is 1.29. The number of phenols is 1. The number of rotatable bonds is 9. The van der Waals surface area contributed by atoms with Crippen LogP contribution < -0.4 is 23.7 Å². The summed E-state index contributed by atoms with van der Waals surface area (Å²) in [6, 6.07) is 21.2. The number of hydrogen-bond acceptors (Lipinski definition) is 8. The van der Waals surface area contributed by atoms with Crippen LogP contribution in [-0.4, -0.2) is 38.4 Å². The van der Waals surface area contributed by atoms with Crippen LogP contribution in [0.5, 0.6) is 34.5 Å². The first-order valence-corrected chi connectivity index (χ1v) is 13.5. The van der Waals surface area contributed by atoms with E-state index >= 15 is 0 Å². The summed E-state index contributed by atoms with van der Waals surface area (Å²) < 4.78 is 26.8. The molecule has 0 saturated heterocycles. The van der Waals surface area contributed by atoms with Gasteiger partial charge in [-0.25, -0.2) is 9.59 Å². The van der Waals surface area contributed by atoms with E-state index in [0.29, 0.717) is 34.3 Å². The number of hydrogen-bond donors (Lipinski definition) is 1. The Bertz CT molecular complexity index is 1750. The Morgan fingerprint density at radius 3 is 1.63 bits per heavy atom. The smallest absolute Gasteiger partial charge is 0.336 e. The van der Waals surface area contributed by atoms with Gasteiger partial charge >= 0.3 is 11.9 Å². The van der Waals surface area contributed by atoms with Gasteiger partial charge in [0.15, 0.2) is 23.0 Å². The molecule has 43 heavy (non-hydrogen) atoms. The molecule has 0 heterocycles. The highest BCUT2D eigenvalue weighted by Crippen LogP contribution is 2.47. The number of carbonyl (C=O) groups excluding carboxylic acids is 2.